The van der Waals surface area contributed by atoms with Gasteiger partial charge in [-0.2, -0.15) is 0 Å². The zero-order valence-corrected chi connectivity index (χ0v) is 15.4. The fourth-order valence-electron chi connectivity index (χ4n) is 3.85. The molecule has 2 nitrogen and oxygen atoms in total. The van der Waals surface area contributed by atoms with Crippen LogP contribution in [0.15, 0.2) is 103 Å². The molecule has 0 fully saturated rings. The summed E-state index contributed by atoms with van der Waals surface area (Å²) in [6.07, 6.45) is 20.3. The van der Waals surface area contributed by atoms with Crippen molar-refractivity contribution in [1.29, 1.82) is 0 Å². The molecule has 4 aliphatic rings. The van der Waals surface area contributed by atoms with Crippen LogP contribution in [-0.2, 0) is 9.47 Å². The van der Waals surface area contributed by atoms with Crippen LogP contribution in [0.3, 0.4) is 0 Å². The summed E-state index contributed by atoms with van der Waals surface area (Å²) in [6.45, 7) is 0. The fourth-order valence-corrected chi connectivity index (χ4v) is 3.85. The third-order valence-electron chi connectivity index (χ3n) is 5.23. The van der Waals surface area contributed by atoms with Gasteiger partial charge in [0.1, 0.15) is 12.2 Å². The van der Waals surface area contributed by atoms with Crippen molar-refractivity contribution in [3.8, 4) is 0 Å². The molecule has 0 saturated heterocycles. The molecule has 0 radical (unpaired) electrons. The molecule has 0 bridgehead atoms. The van der Waals surface area contributed by atoms with Crippen molar-refractivity contribution in [3.63, 3.8) is 0 Å². The van der Waals surface area contributed by atoms with Crippen molar-refractivity contribution in [3.05, 3.63) is 125 Å². The Labute approximate surface area is 165 Å². The van der Waals surface area contributed by atoms with Crippen molar-refractivity contribution in [2.45, 2.75) is 12.2 Å². The summed E-state index contributed by atoms with van der Waals surface area (Å²) in [5.74, 6) is 0. The van der Waals surface area contributed by atoms with Gasteiger partial charge in [0.25, 0.3) is 0 Å². The van der Waals surface area contributed by atoms with E-state index in [2.05, 4.69) is 85.0 Å². The Bertz CT molecular complexity index is 1080. The van der Waals surface area contributed by atoms with Gasteiger partial charge in [0.2, 0.25) is 0 Å². The maximum Gasteiger partial charge on any atom is 0.149 e. The van der Waals surface area contributed by atoms with Crippen molar-refractivity contribution in [2.24, 2.45) is 0 Å². The predicted octanol–water partition coefficient (Wildman–Crippen LogP) is 6.23. The van der Waals surface area contributed by atoms with Crippen molar-refractivity contribution < 1.29 is 9.47 Å². The van der Waals surface area contributed by atoms with Gasteiger partial charge in [-0.05, 0) is 40.5 Å². The predicted molar refractivity (Wildman–Crippen MR) is 114 cm³/mol. The van der Waals surface area contributed by atoms with Gasteiger partial charge in [0, 0.05) is 11.1 Å². The van der Waals surface area contributed by atoms with Gasteiger partial charge in [-0.3, -0.25) is 0 Å². The van der Waals surface area contributed by atoms with Crippen LogP contribution >= 0.6 is 0 Å². The number of fused-ring (bicyclic) bond motifs is 6. The summed E-state index contributed by atoms with van der Waals surface area (Å²) in [6, 6.07) is 16.7. The molecule has 0 saturated carbocycles. The van der Waals surface area contributed by atoms with Crippen LogP contribution in [0.4, 0.5) is 0 Å². The SMILES string of the molecule is C1=COC2C(=C1)C=Cc1ccccc12.C1=COC2C=Cc3ccccc3C2=C1. The van der Waals surface area contributed by atoms with E-state index in [0.717, 1.165) is 0 Å². The monoisotopic (exact) mass is 364 g/mol. The van der Waals surface area contributed by atoms with E-state index in [0.29, 0.717) is 0 Å². The number of hydrogen-bond donors (Lipinski definition) is 0. The summed E-state index contributed by atoms with van der Waals surface area (Å²) in [4.78, 5) is 0. The van der Waals surface area contributed by atoms with Gasteiger partial charge in [0.05, 0.1) is 12.5 Å². The molecule has 136 valence electrons. The number of hydrogen-bond acceptors (Lipinski definition) is 2. The van der Waals surface area contributed by atoms with Crippen LogP contribution in [0.2, 0.25) is 0 Å². The van der Waals surface area contributed by atoms with Crippen LogP contribution in [0.25, 0.3) is 17.7 Å². The second-order valence-electron chi connectivity index (χ2n) is 6.93. The summed E-state index contributed by atoms with van der Waals surface area (Å²) in [7, 11) is 0. The van der Waals surface area contributed by atoms with Crippen molar-refractivity contribution in [1.82, 2.24) is 0 Å². The molecule has 0 aromatic heterocycles. The lowest BCUT2D eigenvalue weighted by atomic mass is 9.89. The largest absolute Gasteiger partial charge is 0.489 e. The zero-order valence-electron chi connectivity index (χ0n) is 15.4. The molecule has 2 aromatic carbocycles. The molecule has 28 heavy (non-hydrogen) atoms. The van der Waals surface area contributed by atoms with E-state index in [1.54, 1.807) is 12.5 Å². The van der Waals surface area contributed by atoms with Crippen LogP contribution in [0, 0.1) is 0 Å². The third-order valence-corrected chi connectivity index (χ3v) is 5.23. The molecule has 2 aliphatic carbocycles. The molecule has 2 aliphatic heterocycles. The van der Waals surface area contributed by atoms with E-state index in [-0.39, 0.29) is 12.2 Å². The lowest BCUT2D eigenvalue weighted by molar-refractivity contribution is 0.177. The Morgan fingerprint density at radius 2 is 1.46 bits per heavy atom. The van der Waals surface area contributed by atoms with E-state index in [1.165, 1.54) is 33.4 Å². The molecule has 2 aromatic rings. The Hall–Kier alpha value is -3.52. The quantitative estimate of drug-likeness (QED) is 0.551. The smallest absolute Gasteiger partial charge is 0.149 e. The summed E-state index contributed by atoms with van der Waals surface area (Å²) in [5.41, 5.74) is 7.55. The van der Waals surface area contributed by atoms with Crippen molar-refractivity contribution in [2.75, 3.05) is 0 Å². The average molecular weight is 364 g/mol. The maximum absolute atomic E-state index is 5.61. The summed E-state index contributed by atoms with van der Waals surface area (Å²) >= 11 is 0. The molecule has 6 rings (SSSR count). The van der Waals surface area contributed by atoms with E-state index in [4.69, 9.17) is 9.47 Å². The first kappa shape index (κ1) is 16.6. The number of ether oxygens (including phenoxy) is 2. The first-order valence-electron chi connectivity index (χ1n) is 9.49. The van der Waals surface area contributed by atoms with Crippen LogP contribution in [-0.4, -0.2) is 6.10 Å². The van der Waals surface area contributed by atoms with Crippen LogP contribution in [0.5, 0.6) is 0 Å². The molecule has 2 heterocycles. The second kappa shape index (κ2) is 7.24. The highest BCUT2D eigenvalue weighted by Crippen LogP contribution is 2.36. The Morgan fingerprint density at radius 1 is 0.679 bits per heavy atom. The van der Waals surface area contributed by atoms with E-state index >= 15 is 0 Å². The summed E-state index contributed by atoms with van der Waals surface area (Å²) < 4.78 is 11.1. The zero-order chi connectivity index (χ0) is 18.8. The normalized spacial score (nSPS) is 22.0. The third kappa shape index (κ3) is 3.03. The molecule has 2 heteroatoms. The highest BCUT2D eigenvalue weighted by molar-refractivity contribution is 5.83. The topological polar surface area (TPSA) is 18.5 Å². The average Bonchev–Trinajstić information content (AvgIpc) is 2.79. The minimum Gasteiger partial charge on any atom is -0.489 e. The first-order chi connectivity index (χ1) is 13.9. The van der Waals surface area contributed by atoms with Crippen LogP contribution < -0.4 is 0 Å². The fraction of sp³-hybridized carbons (Fsp3) is 0.0769. The molecule has 0 spiro atoms. The maximum atomic E-state index is 5.61. The van der Waals surface area contributed by atoms with Gasteiger partial charge in [-0.25, -0.2) is 0 Å². The molecular formula is C26H20O2. The van der Waals surface area contributed by atoms with Crippen molar-refractivity contribution >= 4 is 17.7 Å². The van der Waals surface area contributed by atoms with E-state index < -0.39 is 0 Å². The highest BCUT2D eigenvalue weighted by Gasteiger charge is 2.22. The van der Waals surface area contributed by atoms with Gasteiger partial charge in [0.15, 0.2) is 0 Å². The second-order valence-corrected chi connectivity index (χ2v) is 6.93. The standard InChI is InChI=1S/2C13H10O/c1-2-6-12-10(4-1)7-8-11-5-3-9-14-13(11)12;1-2-5-11-10(4-1)7-8-13-12(11)6-3-9-14-13/h2*1-9,13H. The van der Waals surface area contributed by atoms with E-state index in [1.807, 2.05) is 12.2 Å². The number of allylic oxidation sites excluding steroid dienone is 4. The minimum absolute atomic E-state index is 0.0983. The number of benzene rings is 2. The van der Waals surface area contributed by atoms with E-state index in [9.17, 15) is 0 Å². The minimum atomic E-state index is 0.0983. The molecule has 2 atom stereocenters. The van der Waals surface area contributed by atoms with Gasteiger partial charge in [-0.1, -0.05) is 78.9 Å². The van der Waals surface area contributed by atoms with Gasteiger partial charge >= 0.3 is 0 Å². The Balaban J connectivity index is 0.000000122. The van der Waals surface area contributed by atoms with Gasteiger partial charge < -0.3 is 9.47 Å². The Morgan fingerprint density at radius 3 is 2.43 bits per heavy atom. The first-order valence-corrected chi connectivity index (χ1v) is 9.49. The molecule has 2 unspecified atom stereocenters. The highest BCUT2D eigenvalue weighted by atomic mass is 16.5. The van der Waals surface area contributed by atoms with Gasteiger partial charge in [-0.15, -0.1) is 0 Å². The van der Waals surface area contributed by atoms with Crippen LogP contribution in [0.1, 0.15) is 28.4 Å². The molecular weight excluding hydrogens is 344 g/mol. The Kier molecular flexibility index (Phi) is 4.30. The molecule has 0 amide bonds. The lowest BCUT2D eigenvalue weighted by Gasteiger charge is -2.25. The summed E-state index contributed by atoms with van der Waals surface area (Å²) in [5, 5.41) is 0. The number of rotatable bonds is 0. The molecule has 0 N–H and O–H groups in total. The lowest BCUT2D eigenvalue weighted by Crippen LogP contribution is -2.15.